The van der Waals surface area contributed by atoms with Gasteiger partial charge in [0.15, 0.2) is 5.60 Å². The predicted octanol–water partition coefficient (Wildman–Crippen LogP) is 3.59. The molecule has 0 saturated carbocycles. The number of carbonyl (C=O) groups excluding carboxylic acids is 2. The Morgan fingerprint density at radius 3 is 1.88 bits per heavy atom. The van der Waals surface area contributed by atoms with Crippen LogP contribution in [0.2, 0.25) is 0 Å². The minimum absolute atomic E-state index is 0. The maximum atomic E-state index is 13.1. The molecule has 2 aromatic carbocycles. The zero-order valence-corrected chi connectivity index (χ0v) is 23.3. The fraction of sp³-hybridized carbons (Fsp3) is 0.462. The fourth-order valence-corrected chi connectivity index (χ4v) is 3.39. The summed E-state index contributed by atoms with van der Waals surface area (Å²) in [5.74, 6) is -2.44. The summed E-state index contributed by atoms with van der Waals surface area (Å²) in [6.07, 6.45) is 3.30. The van der Waals surface area contributed by atoms with E-state index in [0.29, 0.717) is 6.42 Å². The second-order valence-electron chi connectivity index (χ2n) is 7.84. The van der Waals surface area contributed by atoms with Crippen molar-refractivity contribution >= 4 is 35.8 Å². The molecule has 32 heavy (non-hydrogen) atoms. The molecule has 5 nitrogen and oxygen atoms in total. The van der Waals surface area contributed by atoms with Crippen molar-refractivity contribution in [3.63, 3.8) is 0 Å². The molecule has 6 heteroatoms. The predicted molar refractivity (Wildman–Crippen MR) is 129 cm³/mol. The van der Waals surface area contributed by atoms with Gasteiger partial charge in [-0.15, -0.1) is 0 Å². The fourth-order valence-electron chi connectivity index (χ4n) is 3.39. The summed E-state index contributed by atoms with van der Waals surface area (Å²) in [6, 6.07) is 18.5. The normalized spacial score (nSPS) is 13.3. The molecule has 0 spiro atoms. The zero-order valence-electron chi connectivity index (χ0n) is 19.3. The number of unbranched alkanes of at least 4 members (excludes halogenated alkanes) is 2. The van der Waals surface area contributed by atoms with E-state index in [1.54, 1.807) is 0 Å². The number of hydrogen-bond acceptors (Lipinski definition) is 5. The molecule has 2 rings (SSSR count). The van der Waals surface area contributed by atoms with Gasteiger partial charge in [-0.3, -0.25) is 4.79 Å². The van der Waals surface area contributed by atoms with E-state index < -0.39 is 23.5 Å². The monoisotopic (exact) mass is 548 g/mol. The van der Waals surface area contributed by atoms with Gasteiger partial charge in [0.2, 0.25) is 0 Å². The number of benzene rings is 2. The van der Waals surface area contributed by atoms with Crippen molar-refractivity contribution in [1.82, 2.24) is 0 Å². The third-order valence-electron chi connectivity index (χ3n) is 5.29. The van der Waals surface area contributed by atoms with E-state index in [0.717, 1.165) is 30.4 Å². The van der Waals surface area contributed by atoms with Crippen LogP contribution in [-0.2, 0) is 31.9 Å². The molecule has 0 aliphatic carbocycles. The Kier molecular flexibility index (Phi) is 13.3. The maximum absolute atomic E-state index is 13.1. The van der Waals surface area contributed by atoms with E-state index in [9.17, 15) is 14.7 Å². The van der Waals surface area contributed by atoms with Crippen LogP contribution in [0.25, 0.3) is 0 Å². The van der Waals surface area contributed by atoms with Crippen molar-refractivity contribution in [3.05, 3.63) is 71.8 Å². The van der Waals surface area contributed by atoms with Crippen LogP contribution < -0.4 is 0 Å². The third-order valence-corrected chi connectivity index (χ3v) is 5.29. The van der Waals surface area contributed by atoms with Gasteiger partial charge < -0.3 is 14.6 Å². The van der Waals surface area contributed by atoms with Gasteiger partial charge in [-0.1, -0.05) is 87.4 Å². The van der Waals surface area contributed by atoms with Crippen LogP contribution in [0.5, 0.6) is 0 Å². The summed E-state index contributed by atoms with van der Waals surface area (Å²) in [4.78, 5) is 26.2. The molecule has 0 heterocycles. The molecular formula is C26H36O5Sn. The van der Waals surface area contributed by atoms with Crippen molar-refractivity contribution in [2.24, 2.45) is 5.92 Å². The number of hydrogen-bond donors (Lipinski definition) is 1. The van der Waals surface area contributed by atoms with Gasteiger partial charge in [0, 0.05) is 6.42 Å². The quantitative estimate of drug-likeness (QED) is 0.236. The number of ether oxygens (including phenoxy) is 2. The van der Waals surface area contributed by atoms with Gasteiger partial charge >= 0.3 is 35.8 Å². The minimum atomic E-state index is -2.03. The molecule has 2 unspecified atom stereocenters. The summed E-state index contributed by atoms with van der Waals surface area (Å²) in [5.41, 5.74) is -0.446. The summed E-state index contributed by atoms with van der Waals surface area (Å²) in [5, 5.41) is 11.7. The first-order valence-electron chi connectivity index (χ1n) is 11.1. The standard InChI is InChI=1S/C26H34O5.Sn.2H/c1-3-5-17-30-24(27)23(19-21-13-9-7-10-14-21)26(29,25(28)31-18-6-4-2)20-22-15-11-8-12-16-22;;;/h7-16,23,29H,3-6,17-20H2,1-2H3;;;. The van der Waals surface area contributed by atoms with Crippen LogP contribution >= 0.6 is 0 Å². The van der Waals surface area contributed by atoms with Gasteiger partial charge in [-0.05, 0) is 30.4 Å². The number of aliphatic hydroxyl groups is 1. The molecule has 0 aromatic heterocycles. The van der Waals surface area contributed by atoms with Crippen molar-refractivity contribution in [2.45, 2.75) is 58.0 Å². The summed E-state index contributed by atoms with van der Waals surface area (Å²) >= 11 is 0. The summed E-state index contributed by atoms with van der Waals surface area (Å²) in [6.45, 7) is 4.46. The average molecular weight is 547 g/mol. The molecule has 0 aliphatic heterocycles. The Bertz CT molecular complexity index is 796. The van der Waals surface area contributed by atoms with E-state index in [1.807, 2.05) is 74.5 Å². The first-order chi connectivity index (χ1) is 15.0. The Morgan fingerprint density at radius 1 is 0.844 bits per heavy atom. The topological polar surface area (TPSA) is 72.8 Å². The Morgan fingerprint density at radius 2 is 1.34 bits per heavy atom. The van der Waals surface area contributed by atoms with E-state index >= 15 is 0 Å². The van der Waals surface area contributed by atoms with Crippen LogP contribution in [0.15, 0.2) is 60.7 Å². The van der Waals surface area contributed by atoms with Gasteiger partial charge in [-0.25, -0.2) is 4.79 Å². The van der Waals surface area contributed by atoms with Crippen LogP contribution in [0, 0.1) is 5.92 Å². The Hall–Kier alpha value is -1.86. The number of rotatable bonds is 13. The average Bonchev–Trinajstić information content (AvgIpc) is 2.79. The molecule has 2 radical (unpaired) electrons. The molecule has 2 atom stereocenters. The SMILES string of the molecule is CCCCOC(=O)C(Cc1ccccc1)C(O)(Cc1ccccc1)C(=O)OCCCC.[SnH2]. The molecule has 0 aliphatic rings. The van der Waals surface area contributed by atoms with Gasteiger partial charge in [-0.2, -0.15) is 0 Å². The van der Waals surface area contributed by atoms with Crippen molar-refractivity contribution in [2.75, 3.05) is 13.2 Å². The summed E-state index contributed by atoms with van der Waals surface area (Å²) < 4.78 is 10.9. The molecule has 0 fully saturated rings. The second-order valence-corrected chi connectivity index (χ2v) is 7.84. The van der Waals surface area contributed by atoms with Crippen molar-refractivity contribution < 1.29 is 24.2 Å². The molecule has 0 bridgehead atoms. The first-order valence-corrected chi connectivity index (χ1v) is 11.1. The Balaban J connectivity index is 0.00000512. The third kappa shape index (κ3) is 8.58. The number of esters is 2. The Labute approximate surface area is 208 Å². The number of carbonyl (C=O) groups is 2. The molecule has 174 valence electrons. The summed E-state index contributed by atoms with van der Waals surface area (Å²) in [7, 11) is 0. The molecular weight excluding hydrogens is 511 g/mol. The molecule has 0 saturated heterocycles. The van der Waals surface area contributed by atoms with Crippen molar-refractivity contribution in [1.29, 1.82) is 0 Å². The second kappa shape index (κ2) is 15.1. The van der Waals surface area contributed by atoms with Gasteiger partial charge in [0.05, 0.1) is 13.2 Å². The zero-order chi connectivity index (χ0) is 22.5. The van der Waals surface area contributed by atoms with Crippen molar-refractivity contribution in [3.8, 4) is 0 Å². The van der Waals surface area contributed by atoms with E-state index in [-0.39, 0.29) is 50.0 Å². The van der Waals surface area contributed by atoms with E-state index in [4.69, 9.17) is 9.47 Å². The molecule has 1 N–H and O–H groups in total. The molecule has 2 aromatic rings. The van der Waals surface area contributed by atoms with Crippen LogP contribution in [0.1, 0.15) is 50.7 Å². The van der Waals surface area contributed by atoms with Crippen LogP contribution in [-0.4, -0.2) is 59.8 Å². The first kappa shape index (κ1) is 28.2. The van der Waals surface area contributed by atoms with Gasteiger partial charge in [0.25, 0.3) is 0 Å². The van der Waals surface area contributed by atoms with E-state index in [1.165, 1.54) is 0 Å². The van der Waals surface area contributed by atoms with E-state index in [2.05, 4.69) is 0 Å². The van der Waals surface area contributed by atoms with Gasteiger partial charge in [0.1, 0.15) is 5.92 Å². The van der Waals surface area contributed by atoms with Crippen LogP contribution in [0.3, 0.4) is 0 Å². The van der Waals surface area contributed by atoms with Crippen LogP contribution in [0.4, 0.5) is 0 Å². The molecule has 0 amide bonds.